The topological polar surface area (TPSA) is 61.8 Å². The molecule has 0 bridgehead atoms. The molecular weight excluding hydrogens is 244 g/mol. The first-order chi connectivity index (χ1) is 7.04. The monoisotopic (exact) mass is 250 g/mol. The number of halogens is 1. The largest absolute Gasteiger partial charge is 0.495 e. The van der Waals surface area contributed by atoms with E-state index in [9.17, 15) is 8.42 Å². The highest BCUT2D eigenvalue weighted by Crippen LogP contribution is 2.44. The molecule has 1 aliphatic rings. The number of methoxy groups -OCH3 is 1. The zero-order valence-corrected chi connectivity index (χ0v) is 9.26. The van der Waals surface area contributed by atoms with Crippen LogP contribution in [0.5, 0.6) is 17.2 Å². The van der Waals surface area contributed by atoms with E-state index in [1.54, 1.807) is 6.07 Å². The Labute approximate surface area is 90.9 Å². The van der Waals surface area contributed by atoms with Gasteiger partial charge in [0.15, 0.2) is 16.4 Å². The average molecular weight is 251 g/mol. The third-order valence-electron chi connectivity index (χ3n) is 1.92. The van der Waals surface area contributed by atoms with Crippen LogP contribution in [0.25, 0.3) is 0 Å². The second-order valence-electron chi connectivity index (χ2n) is 2.77. The Balaban J connectivity index is 2.74. The van der Waals surface area contributed by atoms with Gasteiger partial charge < -0.3 is 14.2 Å². The molecule has 1 aromatic rings. The lowest BCUT2D eigenvalue weighted by Gasteiger charge is -2.07. The minimum atomic E-state index is -3.93. The Morgan fingerprint density at radius 3 is 2.73 bits per heavy atom. The summed E-state index contributed by atoms with van der Waals surface area (Å²) < 4.78 is 37.6. The quantitative estimate of drug-likeness (QED) is 0.742. The van der Waals surface area contributed by atoms with E-state index in [1.165, 1.54) is 13.2 Å². The summed E-state index contributed by atoms with van der Waals surface area (Å²) in [5.74, 6) is 0.577. The maximum absolute atomic E-state index is 11.3. The molecule has 0 radical (unpaired) electrons. The van der Waals surface area contributed by atoms with Crippen molar-refractivity contribution in [3.05, 3.63) is 12.1 Å². The van der Waals surface area contributed by atoms with Gasteiger partial charge in [-0.25, -0.2) is 8.42 Å². The van der Waals surface area contributed by atoms with Gasteiger partial charge in [-0.3, -0.25) is 0 Å². The molecule has 82 valence electrons. The predicted molar refractivity (Wildman–Crippen MR) is 52.2 cm³/mol. The molecule has 7 heteroatoms. The smallest absolute Gasteiger partial charge is 0.268 e. The van der Waals surface area contributed by atoms with Crippen molar-refractivity contribution in [1.82, 2.24) is 0 Å². The van der Waals surface area contributed by atoms with E-state index < -0.39 is 9.05 Å². The number of fused-ring (bicyclic) bond motifs is 1. The lowest BCUT2D eigenvalue weighted by atomic mass is 10.3. The maximum atomic E-state index is 11.3. The molecular formula is C8H7ClO5S. The Morgan fingerprint density at radius 2 is 2.13 bits per heavy atom. The molecule has 0 aromatic heterocycles. The fraction of sp³-hybridized carbons (Fsp3) is 0.250. The summed E-state index contributed by atoms with van der Waals surface area (Å²) in [5, 5.41) is 0. The molecule has 0 N–H and O–H groups in total. The summed E-state index contributed by atoms with van der Waals surface area (Å²) in [7, 11) is 2.70. The molecule has 0 saturated heterocycles. The molecule has 0 amide bonds. The first-order valence-corrected chi connectivity index (χ1v) is 6.26. The third-order valence-corrected chi connectivity index (χ3v) is 3.26. The van der Waals surface area contributed by atoms with Crippen molar-refractivity contribution in [1.29, 1.82) is 0 Å². The molecule has 0 atom stereocenters. The number of ether oxygens (including phenoxy) is 3. The van der Waals surface area contributed by atoms with E-state index in [4.69, 9.17) is 24.9 Å². The van der Waals surface area contributed by atoms with Gasteiger partial charge in [0.05, 0.1) is 7.11 Å². The zero-order valence-electron chi connectivity index (χ0n) is 7.69. The van der Waals surface area contributed by atoms with Crippen LogP contribution in [0.1, 0.15) is 0 Å². The highest BCUT2D eigenvalue weighted by atomic mass is 35.7. The van der Waals surface area contributed by atoms with Crippen LogP contribution in [0.2, 0.25) is 0 Å². The summed E-state index contributed by atoms with van der Waals surface area (Å²) in [5.41, 5.74) is 0. The minimum absolute atomic E-state index is 0.0259. The van der Waals surface area contributed by atoms with Gasteiger partial charge in [-0.05, 0) is 12.1 Å². The van der Waals surface area contributed by atoms with Crippen molar-refractivity contribution in [2.45, 2.75) is 4.90 Å². The summed E-state index contributed by atoms with van der Waals surface area (Å²) in [6.07, 6.45) is 0. The normalized spacial score (nSPS) is 14.0. The third kappa shape index (κ3) is 1.70. The maximum Gasteiger partial charge on any atom is 0.268 e. The van der Waals surface area contributed by atoms with Gasteiger partial charge in [0.2, 0.25) is 6.79 Å². The number of benzene rings is 1. The lowest BCUT2D eigenvalue weighted by molar-refractivity contribution is 0.172. The molecule has 5 nitrogen and oxygen atoms in total. The van der Waals surface area contributed by atoms with Crippen molar-refractivity contribution < 1.29 is 22.6 Å². The lowest BCUT2D eigenvalue weighted by Crippen LogP contribution is -1.99. The first-order valence-electron chi connectivity index (χ1n) is 3.95. The van der Waals surface area contributed by atoms with E-state index in [0.717, 1.165) is 0 Å². The van der Waals surface area contributed by atoms with Crippen LogP contribution in [0.4, 0.5) is 0 Å². The molecule has 2 rings (SSSR count). The van der Waals surface area contributed by atoms with Crippen molar-refractivity contribution in [2.75, 3.05) is 13.9 Å². The molecule has 1 aromatic carbocycles. The van der Waals surface area contributed by atoms with Gasteiger partial charge in [0.25, 0.3) is 9.05 Å². The average Bonchev–Trinajstić information content (AvgIpc) is 2.61. The Hall–Kier alpha value is -1.14. The molecule has 0 fully saturated rings. The molecule has 0 saturated carbocycles. The van der Waals surface area contributed by atoms with Crippen LogP contribution in [-0.2, 0) is 9.05 Å². The van der Waals surface area contributed by atoms with Crippen LogP contribution in [-0.4, -0.2) is 22.3 Å². The van der Waals surface area contributed by atoms with E-state index in [1.807, 2.05) is 0 Å². The van der Waals surface area contributed by atoms with Crippen LogP contribution in [0.3, 0.4) is 0 Å². The van der Waals surface area contributed by atoms with E-state index >= 15 is 0 Å². The van der Waals surface area contributed by atoms with Crippen LogP contribution < -0.4 is 14.2 Å². The van der Waals surface area contributed by atoms with E-state index in [2.05, 4.69) is 0 Å². The standard InChI is InChI=1S/C8H7ClO5S/c1-12-6-3-2-5-7(14-4-13-5)8(6)15(9,10)11/h2-3H,4H2,1H3. The van der Waals surface area contributed by atoms with E-state index in [0.29, 0.717) is 5.75 Å². The molecule has 1 aliphatic heterocycles. The fourth-order valence-corrected chi connectivity index (χ4v) is 2.53. The first kappa shape index (κ1) is 10.4. The second kappa shape index (κ2) is 3.46. The van der Waals surface area contributed by atoms with Gasteiger partial charge in [-0.1, -0.05) is 0 Å². The van der Waals surface area contributed by atoms with Gasteiger partial charge in [-0.15, -0.1) is 0 Å². The molecule has 1 heterocycles. The van der Waals surface area contributed by atoms with Gasteiger partial charge in [0.1, 0.15) is 5.75 Å². The summed E-state index contributed by atoms with van der Waals surface area (Å²) in [6.45, 7) is -0.0259. The van der Waals surface area contributed by atoms with Crippen molar-refractivity contribution in [3.63, 3.8) is 0 Å². The number of hydrogen-bond donors (Lipinski definition) is 0. The van der Waals surface area contributed by atoms with E-state index in [-0.39, 0.29) is 23.2 Å². The highest BCUT2D eigenvalue weighted by molar-refractivity contribution is 8.14. The highest BCUT2D eigenvalue weighted by Gasteiger charge is 2.29. The second-order valence-corrected chi connectivity index (χ2v) is 5.27. The molecule has 15 heavy (non-hydrogen) atoms. The van der Waals surface area contributed by atoms with Crippen LogP contribution in [0, 0.1) is 0 Å². The number of hydrogen-bond acceptors (Lipinski definition) is 5. The summed E-state index contributed by atoms with van der Waals surface area (Å²) in [4.78, 5) is -0.193. The Kier molecular flexibility index (Phi) is 2.40. The predicted octanol–water partition coefficient (Wildman–Crippen LogP) is 1.35. The van der Waals surface area contributed by atoms with Crippen molar-refractivity contribution >= 4 is 19.7 Å². The summed E-state index contributed by atoms with van der Waals surface area (Å²) in [6, 6.07) is 3.02. The molecule has 0 spiro atoms. The fourth-order valence-electron chi connectivity index (χ4n) is 1.32. The van der Waals surface area contributed by atoms with Gasteiger partial charge in [-0.2, -0.15) is 0 Å². The van der Waals surface area contributed by atoms with Crippen molar-refractivity contribution in [3.8, 4) is 17.2 Å². The Morgan fingerprint density at radius 1 is 1.40 bits per heavy atom. The molecule has 0 aliphatic carbocycles. The van der Waals surface area contributed by atoms with Gasteiger partial charge in [0, 0.05) is 10.7 Å². The summed E-state index contributed by atoms with van der Waals surface area (Å²) >= 11 is 0. The Bertz CT molecular complexity index is 496. The molecule has 0 unspecified atom stereocenters. The zero-order chi connectivity index (χ0) is 11.1. The number of rotatable bonds is 2. The van der Waals surface area contributed by atoms with Crippen LogP contribution in [0.15, 0.2) is 17.0 Å². The van der Waals surface area contributed by atoms with Crippen LogP contribution >= 0.6 is 10.7 Å². The SMILES string of the molecule is COc1ccc2c(c1S(=O)(=O)Cl)OCO2. The minimum Gasteiger partial charge on any atom is -0.495 e. The van der Waals surface area contributed by atoms with Crippen molar-refractivity contribution in [2.24, 2.45) is 0 Å². The van der Waals surface area contributed by atoms with Gasteiger partial charge >= 0.3 is 0 Å².